The molecule has 34 heteroatoms. The number of carbonyl (C=O) groups is 2. The summed E-state index contributed by atoms with van der Waals surface area (Å²) in [4.78, 5) is 25.0. The van der Waals surface area contributed by atoms with Gasteiger partial charge in [0.25, 0.3) is 0 Å². The minimum atomic E-state index is -6.09. The van der Waals surface area contributed by atoms with E-state index in [1.807, 2.05) is 88.4 Å². The van der Waals surface area contributed by atoms with Gasteiger partial charge in [0.2, 0.25) is 13.1 Å². The number of rotatable bonds is 15. The predicted octanol–water partition coefficient (Wildman–Crippen LogP) is 12.4. The molecule has 9 rings (SSSR count). The Kier molecular flexibility index (Phi) is 40.2. The molecule has 606 valence electrons. The number of aryl methyl sites for hydroxylation is 6. The molecule has 0 radical (unpaired) electrons. The van der Waals surface area contributed by atoms with Gasteiger partial charge in [-0.2, -0.15) is 46.0 Å². The van der Waals surface area contributed by atoms with Gasteiger partial charge in [-0.15, -0.1) is 0 Å². The lowest BCUT2D eigenvalue weighted by molar-refractivity contribution is -0.778. The fourth-order valence-corrected chi connectivity index (χ4v) is 9.69. The van der Waals surface area contributed by atoms with Crippen LogP contribution in [0.15, 0.2) is 158 Å². The predicted molar refractivity (Wildman–Crippen MR) is 393 cm³/mol. The van der Waals surface area contributed by atoms with Gasteiger partial charge in [0, 0.05) is 62.4 Å². The van der Waals surface area contributed by atoms with Crippen LogP contribution in [-0.4, -0.2) is 157 Å². The second-order valence-electron chi connectivity index (χ2n) is 23.3. The third-order valence-electron chi connectivity index (χ3n) is 14.8. The number of fused-ring (bicyclic) bond motifs is 2. The molecule has 0 bridgehead atoms. The molecule has 3 heterocycles. The summed E-state index contributed by atoms with van der Waals surface area (Å²) in [5.41, 5.74) is 0.434. The molecule has 0 spiro atoms. The van der Waals surface area contributed by atoms with Crippen molar-refractivity contribution in [2.75, 3.05) is 108 Å². The molecule has 6 aromatic carbocycles. The number of halogens is 6. The van der Waals surface area contributed by atoms with Gasteiger partial charge in [-0.3, -0.25) is 0 Å². The fourth-order valence-electron chi connectivity index (χ4n) is 9.69. The second kappa shape index (κ2) is 48.1. The quantitative estimate of drug-likeness (QED) is 0.0302. The molecule has 1 aliphatic rings. The molecular formula is C78H88F6N4O22S2. The second-order valence-corrected chi connectivity index (χ2v) is 26.1. The van der Waals surface area contributed by atoms with Gasteiger partial charge in [-0.25, -0.2) is 26.4 Å². The molecule has 0 atom stereocenters. The molecule has 8 aromatic rings. The van der Waals surface area contributed by atoms with E-state index in [9.17, 15) is 35.9 Å². The average Bonchev–Trinajstić information content (AvgIpc) is 0.832. The van der Waals surface area contributed by atoms with E-state index in [-0.39, 0.29) is 25.2 Å². The molecule has 112 heavy (non-hydrogen) atoms. The molecule has 0 aliphatic carbocycles. The van der Waals surface area contributed by atoms with Crippen LogP contribution in [-0.2, 0) is 75.0 Å². The Morgan fingerprint density at radius 3 is 0.830 bits per heavy atom. The highest BCUT2D eigenvalue weighted by atomic mass is 32.2. The number of aromatic nitrogens is 2. The topological polar surface area (TPSA) is 333 Å². The Labute approximate surface area is 646 Å². The molecule has 1 aliphatic heterocycles. The van der Waals surface area contributed by atoms with Crippen molar-refractivity contribution >= 4 is 32.2 Å². The Hall–Kier alpha value is -10.8. The highest BCUT2D eigenvalue weighted by Gasteiger charge is 2.37. The molecule has 0 amide bonds. The van der Waals surface area contributed by atoms with Crippen molar-refractivity contribution in [3.05, 3.63) is 203 Å². The van der Waals surface area contributed by atoms with Crippen LogP contribution >= 0.6 is 0 Å². The summed E-state index contributed by atoms with van der Waals surface area (Å²) in [6.07, 6.45) is 8.41. The maximum absolute atomic E-state index is 12.5. The lowest BCUT2D eigenvalue weighted by Crippen LogP contribution is -2.43. The Morgan fingerprint density at radius 1 is 0.402 bits per heavy atom. The first-order valence-electron chi connectivity index (χ1n) is 33.9. The molecule has 2 aromatic heterocycles. The first-order chi connectivity index (χ1) is 53.2. The summed E-state index contributed by atoms with van der Waals surface area (Å²) in [6.45, 7) is 17.2. The molecule has 0 fully saturated rings. The number of ether oxygens (including phenoxy) is 14. The number of esters is 2. The molecule has 0 unspecified atom stereocenters. The minimum absolute atomic E-state index is 0.236. The van der Waals surface area contributed by atoms with E-state index in [1.165, 1.54) is 13.8 Å². The van der Waals surface area contributed by atoms with Crippen LogP contribution < -0.4 is 47.0 Å². The van der Waals surface area contributed by atoms with Crippen LogP contribution in [0.1, 0.15) is 67.9 Å². The Bertz CT molecular complexity index is 4140. The van der Waals surface area contributed by atoms with Crippen molar-refractivity contribution in [1.29, 1.82) is 10.5 Å². The van der Waals surface area contributed by atoms with Gasteiger partial charge < -0.3 is 75.4 Å². The van der Waals surface area contributed by atoms with Crippen LogP contribution in [0.5, 0.6) is 46.0 Å². The number of nitriles is 2. The number of pyridine rings is 2. The Balaban J connectivity index is 0.000000378. The number of nitrogens with zero attached hydrogens (tertiary/aromatic N) is 4. The van der Waals surface area contributed by atoms with Gasteiger partial charge in [0.1, 0.15) is 39.6 Å². The molecule has 0 saturated heterocycles. The maximum Gasteiger partial charge on any atom is 0.485 e. The van der Waals surface area contributed by atoms with Crippen molar-refractivity contribution in [3.8, 4) is 80.4 Å². The summed E-state index contributed by atoms with van der Waals surface area (Å²) >= 11 is 0. The van der Waals surface area contributed by atoms with Gasteiger partial charge in [0.05, 0.1) is 105 Å². The summed E-state index contributed by atoms with van der Waals surface area (Å²) in [5.74, 6) is 3.59. The zero-order valence-electron chi connectivity index (χ0n) is 63.2. The Morgan fingerprint density at radius 2 is 0.616 bits per heavy atom. The first kappa shape index (κ1) is 93.6. The normalized spacial score (nSPS) is 13.0. The van der Waals surface area contributed by atoms with Gasteiger partial charge in [0.15, 0.2) is 91.0 Å². The van der Waals surface area contributed by atoms with Crippen molar-refractivity contribution in [2.45, 2.75) is 78.9 Å². The fraction of sp³-hybridized carbons (Fsp3) is 0.359. The van der Waals surface area contributed by atoms with Gasteiger partial charge in [-0.1, -0.05) is 82.9 Å². The lowest BCUT2D eigenvalue weighted by Gasteiger charge is -2.17. The van der Waals surface area contributed by atoms with Crippen LogP contribution in [0.3, 0.4) is 0 Å². The van der Waals surface area contributed by atoms with E-state index in [4.69, 9.17) is 103 Å². The average molecular weight is 1610 g/mol. The highest BCUT2D eigenvalue weighted by molar-refractivity contribution is 7.86. The number of carbonyl (C=O) groups excluding carboxylic acids is 2. The number of hydrogen-bond acceptors (Lipinski definition) is 24. The van der Waals surface area contributed by atoms with Crippen LogP contribution in [0.4, 0.5) is 26.3 Å². The summed E-state index contributed by atoms with van der Waals surface area (Å²) in [6, 6.07) is 46.7. The van der Waals surface area contributed by atoms with Crippen molar-refractivity contribution in [1.82, 2.24) is 0 Å². The van der Waals surface area contributed by atoms with Crippen LogP contribution in [0.2, 0.25) is 0 Å². The standard InChI is InChI=1S/C44H42N2O4.C28H40O12.2C2H3N.2CHF3O3S/c1-31-23-32(2)26-41(25-31)43(47)49-29-35-5-9-37(10-6-35)39-13-17-45(18-14-39)21-22-46-19-15-40(16-20-46)38-11-7-36(8-12-38)30-50-44(48)42-27-33(3)24-34(4)28-42;1-29-21-17-25-26(18-22(21)30-2)38-14-10-34-7-8-36-12-16-40-28-20-24(32-4)23(31-3)19-27(28)39-15-11-35-6-5-33-9-13-37-25;2*1-2-3;2*2-1(3,4)8(5,6)7/h5-20,23-28H,21-22,29-30H2,1-4H3;17-20H,5-16H2,1-4H3;2*1H3;2*(H,5,6,7)/q+2;;;;;/p-2. The molecule has 0 N–H and O–H groups in total. The largest absolute Gasteiger partial charge is 0.741 e. The van der Waals surface area contributed by atoms with E-state index < -0.39 is 31.3 Å². The SMILES string of the molecule is CC#N.CC#N.COc1cc2c(cc1OC)OCCOCCOCCOc1cc(OC)c(OC)cc1OCCOCCOCCO2.Cc1cc(C)cc(C(=O)OCc2ccc(-c3cc[n+](CC[n+]4ccc(-c5ccc(COC(=O)c6cc(C)cc(C)c6)cc5)cc4)cc3)cc2)c1.O=S(=O)([O-])C(F)(F)F.O=S(=O)([O-])C(F)(F)F. The van der Waals surface area contributed by atoms with E-state index in [0.29, 0.717) is 136 Å². The van der Waals surface area contributed by atoms with E-state index in [2.05, 4.69) is 82.5 Å². The smallest absolute Gasteiger partial charge is 0.485 e. The number of alkyl halides is 6. The van der Waals surface area contributed by atoms with Gasteiger partial charge >= 0.3 is 23.0 Å². The highest BCUT2D eigenvalue weighted by Crippen LogP contribution is 2.41. The van der Waals surface area contributed by atoms with Crippen molar-refractivity contribution < 1.29 is 137 Å². The van der Waals surface area contributed by atoms with Crippen LogP contribution in [0, 0.1) is 50.4 Å². The minimum Gasteiger partial charge on any atom is -0.741 e. The van der Waals surface area contributed by atoms with Crippen molar-refractivity contribution in [3.63, 3.8) is 0 Å². The first-order valence-corrected chi connectivity index (χ1v) is 36.7. The number of methoxy groups -OCH3 is 4. The molecule has 0 saturated carbocycles. The third-order valence-corrected chi connectivity index (χ3v) is 15.9. The van der Waals surface area contributed by atoms with Crippen molar-refractivity contribution in [2.24, 2.45) is 0 Å². The van der Waals surface area contributed by atoms with Crippen LogP contribution in [0.25, 0.3) is 22.3 Å². The maximum atomic E-state index is 12.5. The van der Waals surface area contributed by atoms with E-state index in [0.717, 1.165) is 68.7 Å². The molecular weight excluding hydrogens is 1520 g/mol. The number of hydrogen-bond donors (Lipinski definition) is 0. The van der Waals surface area contributed by atoms with E-state index in [1.54, 1.807) is 64.8 Å². The summed E-state index contributed by atoms with van der Waals surface area (Å²) in [7, 11) is -5.93. The zero-order chi connectivity index (χ0) is 82.9. The summed E-state index contributed by atoms with van der Waals surface area (Å²) < 4.78 is 201. The number of benzene rings is 6. The molecule has 26 nitrogen and oxygen atoms in total. The zero-order valence-corrected chi connectivity index (χ0v) is 64.8. The summed E-state index contributed by atoms with van der Waals surface area (Å²) in [5, 5.41) is 14.6. The monoisotopic (exact) mass is 1610 g/mol. The lowest BCUT2D eigenvalue weighted by atomic mass is 10.1. The van der Waals surface area contributed by atoms with Gasteiger partial charge in [-0.05, 0) is 85.3 Å². The van der Waals surface area contributed by atoms with E-state index >= 15 is 0 Å². The third kappa shape index (κ3) is 33.8.